The largest absolute Gasteiger partial charge is 0.650 e. The predicted molar refractivity (Wildman–Crippen MR) is 292 cm³/mol. The van der Waals surface area contributed by atoms with Crippen molar-refractivity contribution in [1.82, 2.24) is 49.8 Å². The highest BCUT2D eigenvalue weighted by Crippen LogP contribution is 2.30. The number of rotatable bonds is 11. The Morgan fingerprint density at radius 2 is 0.897 bits per heavy atom. The summed E-state index contributed by atoms with van der Waals surface area (Å²) < 4.78 is 69.8. The van der Waals surface area contributed by atoms with E-state index in [0.29, 0.717) is 28.5 Å². The molecule has 0 aliphatic carbocycles. The molecule has 0 aliphatic rings. The van der Waals surface area contributed by atoms with Gasteiger partial charge in [0.15, 0.2) is 5.82 Å². The van der Waals surface area contributed by atoms with Gasteiger partial charge in [-0.15, -0.1) is 0 Å². The van der Waals surface area contributed by atoms with Crippen LogP contribution in [0.1, 0.15) is 11.1 Å². The summed E-state index contributed by atoms with van der Waals surface area (Å²) in [6, 6.07) is 31.1. The van der Waals surface area contributed by atoms with E-state index in [2.05, 4.69) is 49.8 Å². The molecule has 10 heterocycles. The first-order valence-electron chi connectivity index (χ1n) is 22.6. The van der Waals surface area contributed by atoms with E-state index in [1.807, 2.05) is 61.7 Å². The Kier molecular flexibility index (Phi) is 24.0. The van der Waals surface area contributed by atoms with E-state index in [9.17, 15) is 13.2 Å². The molecular weight excluding hydrogens is 1080 g/mol. The summed E-state index contributed by atoms with van der Waals surface area (Å²) in [5, 5.41) is 8.67. The quantitative estimate of drug-likeness (QED) is 0.116. The molecule has 0 saturated carbocycles. The summed E-state index contributed by atoms with van der Waals surface area (Å²) >= 11 is 6.89. The lowest BCUT2D eigenvalue weighted by Crippen LogP contribution is -1.97. The first-order chi connectivity index (χ1) is 38.0. The van der Waals surface area contributed by atoms with Crippen molar-refractivity contribution >= 4 is 83.1 Å². The Hall–Kier alpha value is -7.76. The molecule has 25 heteroatoms. The minimum Gasteiger partial charge on any atom is -0.650 e. The van der Waals surface area contributed by atoms with E-state index in [4.69, 9.17) is 28.9 Å². The summed E-state index contributed by atoms with van der Waals surface area (Å²) in [5.74, 6) is 2.16. The van der Waals surface area contributed by atoms with Crippen molar-refractivity contribution in [2.45, 2.75) is 6.92 Å². The predicted octanol–water partition coefficient (Wildman–Crippen LogP) is 7.30. The third-order valence-electron chi connectivity index (χ3n) is 10.2. The van der Waals surface area contributed by atoms with Crippen molar-refractivity contribution in [2.75, 3.05) is 7.11 Å². The SMILES string of the molecule is COc1ccc(-c2ncccc2[O][AlH])nc1.Cc1ccc(-c2cnccc2[O][AlH])nc1.Fc1ccc(-c2ncccc2[O][AlH])nc1.Fc1cnc(-c2ncccc2[O][AlH])c(F)c1.N#Cc1ccc(-c2cnccc2[O][AlH])nc1. The minimum absolute atomic E-state index is 0.0244. The van der Waals surface area contributed by atoms with Gasteiger partial charge in [0.1, 0.15) is 63.5 Å². The Bertz CT molecular complexity index is 3440. The van der Waals surface area contributed by atoms with Gasteiger partial charge in [0.25, 0.3) is 0 Å². The van der Waals surface area contributed by atoms with Gasteiger partial charge in [0, 0.05) is 61.8 Å². The van der Waals surface area contributed by atoms with Crippen molar-refractivity contribution in [3.05, 3.63) is 206 Å². The molecule has 17 nitrogen and oxygen atoms in total. The van der Waals surface area contributed by atoms with Gasteiger partial charge in [-0.3, -0.25) is 44.9 Å². The highest BCUT2D eigenvalue weighted by atomic mass is 27.1. The molecule has 0 atom stereocenters. The number of aromatic nitrogens is 10. The molecule has 0 N–H and O–H groups in total. The Morgan fingerprint density at radius 1 is 0.423 bits per heavy atom. The molecule has 78 heavy (non-hydrogen) atoms. The number of nitriles is 1. The third-order valence-corrected chi connectivity index (χ3v) is 11.8. The molecule has 0 fully saturated rings. The van der Waals surface area contributed by atoms with Gasteiger partial charge in [-0.25, -0.2) is 18.2 Å². The van der Waals surface area contributed by atoms with Gasteiger partial charge in [-0.1, -0.05) is 6.07 Å². The molecule has 10 rings (SSSR count). The molecule has 0 aromatic carbocycles. The molecule has 5 radical (unpaired) electrons. The van der Waals surface area contributed by atoms with Crippen molar-refractivity contribution in [3.63, 3.8) is 0 Å². The van der Waals surface area contributed by atoms with E-state index in [1.165, 1.54) is 102 Å². The standard InChI is InChI=1S/C11H7N3O.C11H10N2O2.C11H10N2O.C10H6F2N2O.C10H7FN2O.5Al.5H/c12-5-8-1-2-10(14-6-8)9-7-13-4-3-11(9)15;1-15-8-4-5-9(13-7-8)11-10(14)3-2-6-12-11;1-8-2-3-10(13-6-8)9-7-12-5-4-11(9)14;11-6-4-7(12)9(14-5-6)10-8(15)2-1-3-13-10;11-7-3-4-8(13-6-7)10-9(14)2-1-5-12-10;;;;;;;;;;/h1-4,6-7H,(H,13,15);2-7,14H,1H3;2-7H,1H3,(H,12,14);1-5,15H;1-6,14H;;;;;;;;;;/q;;;;;5*+1;;;;;/p-5. The van der Waals surface area contributed by atoms with Crippen LogP contribution in [0.4, 0.5) is 13.2 Å². The van der Waals surface area contributed by atoms with E-state index in [1.54, 1.807) is 99.0 Å². The molecule has 0 unspecified atom stereocenters. The van der Waals surface area contributed by atoms with Crippen LogP contribution in [0.5, 0.6) is 34.5 Å². The highest BCUT2D eigenvalue weighted by molar-refractivity contribution is 6.02. The van der Waals surface area contributed by atoms with Gasteiger partial charge in [-0.05, 0) is 103 Å². The fourth-order valence-electron chi connectivity index (χ4n) is 6.48. The molecular formula is C53H40Al5F3N11O6. The van der Waals surface area contributed by atoms with Crippen LogP contribution in [-0.4, -0.2) is 140 Å². The van der Waals surface area contributed by atoms with Crippen molar-refractivity contribution in [1.29, 1.82) is 5.26 Å². The zero-order chi connectivity index (χ0) is 55.7. The number of pyridine rings is 10. The zero-order valence-electron chi connectivity index (χ0n) is 41.8. The lowest BCUT2D eigenvalue weighted by atomic mass is 10.1. The number of halogens is 3. The van der Waals surface area contributed by atoms with Gasteiger partial charge in [0.2, 0.25) is 0 Å². The monoisotopic (exact) mass is 1120 g/mol. The summed E-state index contributed by atoms with van der Waals surface area (Å²) in [5.41, 5.74) is 8.00. The highest BCUT2D eigenvalue weighted by Gasteiger charge is 2.14. The fourth-order valence-corrected chi connectivity index (χ4v) is 7.68. The van der Waals surface area contributed by atoms with Gasteiger partial charge >= 0.3 is 83.1 Å². The molecule has 0 spiro atoms. The average Bonchev–Trinajstić information content (AvgIpc) is 3.50. The number of aryl methyl sites for hydroxylation is 1. The molecule has 0 bridgehead atoms. The normalized spacial score (nSPS) is 9.85. The van der Waals surface area contributed by atoms with Crippen LogP contribution >= 0.6 is 0 Å². The van der Waals surface area contributed by atoms with Crippen molar-refractivity contribution in [3.8, 4) is 97.2 Å². The van der Waals surface area contributed by atoms with E-state index in [0.717, 1.165) is 80.9 Å². The zero-order valence-corrected chi connectivity index (χ0v) is 48.9. The van der Waals surface area contributed by atoms with Gasteiger partial charge in [-0.2, -0.15) is 5.26 Å². The number of hydrogen-bond acceptors (Lipinski definition) is 17. The minimum atomic E-state index is -0.764. The second kappa shape index (κ2) is 31.5. The van der Waals surface area contributed by atoms with E-state index < -0.39 is 11.6 Å². The third kappa shape index (κ3) is 17.1. The van der Waals surface area contributed by atoms with Crippen LogP contribution in [0, 0.1) is 35.7 Å². The van der Waals surface area contributed by atoms with E-state index >= 15 is 0 Å². The van der Waals surface area contributed by atoms with Crippen LogP contribution < -0.4 is 23.7 Å². The van der Waals surface area contributed by atoms with Crippen LogP contribution in [-0.2, 0) is 0 Å². The van der Waals surface area contributed by atoms with Crippen LogP contribution in [0.15, 0.2) is 177 Å². The molecule has 0 saturated heterocycles. The van der Waals surface area contributed by atoms with Crippen LogP contribution in [0.3, 0.4) is 0 Å². The van der Waals surface area contributed by atoms with Gasteiger partial charge in [0.05, 0.1) is 76.7 Å². The summed E-state index contributed by atoms with van der Waals surface area (Å²) in [7, 11) is 1.61. The topological polar surface area (TPSA) is 208 Å². The molecule has 10 aromatic rings. The number of nitrogens with zero attached hydrogens (tertiary/aromatic N) is 11. The Morgan fingerprint density at radius 3 is 1.33 bits per heavy atom. The summed E-state index contributed by atoms with van der Waals surface area (Å²) in [4.78, 5) is 40.9. The lowest BCUT2D eigenvalue weighted by Gasteiger charge is -2.08. The Labute approximate surface area is 488 Å². The molecule has 0 amide bonds. The van der Waals surface area contributed by atoms with Gasteiger partial charge < -0.3 is 23.7 Å². The first kappa shape index (κ1) is 59.5. The summed E-state index contributed by atoms with van der Waals surface area (Å²) in [6.07, 6.45) is 18.8. The van der Waals surface area contributed by atoms with Crippen LogP contribution in [0.25, 0.3) is 56.7 Å². The number of ether oxygens (including phenoxy) is 1. The Balaban J connectivity index is 0.000000158. The number of hydrogen-bond donors (Lipinski definition) is 0. The molecule has 379 valence electrons. The smallest absolute Gasteiger partial charge is 0.494 e. The molecule has 0 aliphatic heterocycles. The van der Waals surface area contributed by atoms with Crippen LogP contribution in [0.2, 0.25) is 0 Å². The lowest BCUT2D eigenvalue weighted by molar-refractivity contribution is 0.413. The fraction of sp³-hybridized carbons (Fsp3) is 0.0377. The average molecular weight is 1120 g/mol. The maximum atomic E-state index is 13.5. The van der Waals surface area contributed by atoms with Crippen molar-refractivity contribution in [2.24, 2.45) is 0 Å². The maximum Gasteiger partial charge on any atom is 0.494 e. The second-order valence-electron chi connectivity index (χ2n) is 15.2. The second-order valence-corrected chi connectivity index (χ2v) is 16.7. The van der Waals surface area contributed by atoms with E-state index in [-0.39, 0.29) is 17.2 Å². The van der Waals surface area contributed by atoms with Crippen molar-refractivity contribution < 1.29 is 36.9 Å². The molecule has 10 aromatic heterocycles. The number of methoxy groups -OCH3 is 1. The summed E-state index contributed by atoms with van der Waals surface area (Å²) in [6.45, 7) is 2.01. The first-order valence-corrected chi connectivity index (χ1v) is 25.5. The maximum absolute atomic E-state index is 13.5.